The highest BCUT2D eigenvalue weighted by Crippen LogP contribution is 2.44. The molecule has 0 atom stereocenters. The van der Waals surface area contributed by atoms with Gasteiger partial charge >= 0.3 is 0 Å². The molecule has 224 valence electrons. The molecule has 4 heteroatoms. The summed E-state index contributed by atoms with van der Waals surface area (Å²) in [6.45, 7) is 7.39. The molecular weight excluding hydrogens is 567 g/mol. The van der Waals surface area contributed by atoms with Crippen LogP contribution in [-0.2, 0) is 36.8 Å². The number of nitrogens with zero attached hydrogens (tertiary/aromatic N) is 2. The molecule has 1 heterocycles. The average molecular weight is 608 g/mol. The maximum atomic E-state index is 15.4. The number of benzene rings is 5. The summed E-state index contributed by atoms with van der Waals surface area (Å²) >= 11 is 0. The Morgan fingerprint density at radius 3 is 1.89 bits per heavy atom. The van der Waals surface area contributed by atoms with Gasteiger partial charge in [0.05, 0.1) is 0 Å². The molecule has 5 aromatic carbocycles. The van der Waals surface area contributed by atoms with Crippen molar-refractivity contribution in [2.45, 2.75) is 53.0 Å². The molecule has 0 saturated heterocycles. The monoisotopic (exact) mass is 607 g/mol. The molecule has 0 saturated carbocycles. The van der Waals surface area contributed by atoms with Gasteiger partial charge in [0.2, 0.25) is 6.33 Å². The minimum absolute atomic E-state index is 0.834. The second-order valence-electron chi connectivity index (χ2n) is 12.6. The van der Waals surface area contributed by atoms with Crippen LogP contribution >= 0.6 is 7.14 Å². The first-order valence-electron chi connectivity index (χ1n) is 16.0. The van der Waals surface area contributed by atoms with Gasteiger partial charge in [0.15, 0.2) is 7.14 Å². The molecule has 0 unspecified atom stereocenters. The Morgan fingerprint density at radius 1 is 0.667 bits per heavy atom. The Balaban J connectivity index is 1.23. The molecule has 0 radical (unpaired) electrons. The first kappa shape index (κ1) is 29.3. The van der Waals surface area contributed by atoms with Crippen LogP contribution < -0.4 is 20.5 Å². The fourth-order valence-corrected chi connectivity index (χ4v) is 10.1. The van der Waals surface area contributed by atoms with Crippen molar-refractivity contribution in [1.82, 2.24) is 4.57 Å². The highest BCUT2D eigenvalue weighted by Gasteiger charge is 2.32. The van der Waals surface area contributed by atoms with Gasteiger partial charge in [0.1, 0.15) is 24.6 Å². The van der Waals surface area contributed by atoms with Gasteiger partial charge in [-0.15, -0.1) is 0 Å². The zero-order valence-electron chi connectivity index (χ0n) is 26.4. The second kappa shape index (κ2) is 12.1. The summed E-state index contributed by atoms with van der Waals surface area (Å²) in [5, 5.41) is 2.78. The predicted octanol–water partition coefficient (Wildman–Crippen LogP) is 7.26. The van der Waals surface area contributed by atoms with Crippen LogP contribution in [0.1, 0.15) is 44.5 Å². The van der Waals surface area contributed by atoms with Crippen LogP contribution in [0.25, 0.3) is 5.69 Å². The summed E-state index contributed by atoms with van der Waals surface area (Å²) in [5.41, 5.74) is 11.6. The lowest BCUT2D eigenvalue weighted by Crippen LogP contribution is -2.32. The van der Waals surface area contributed by atoms with E-state index in [-0.39, 0.29) is 0 Å². The first-order chi connectivity index (χ1) is 21.9. The minimum atomic E-state index is -3.06. The van der Waals surface area contributed by atoms with Crippen molar-refractivity contribution in [3.8, 4) is 5.69 Å². The van der Waals surface area contributed by atoms with Gasteiger partial charge in [-0.05, 0) is 91.5 Å². The molecule has 4 aliphatic rings. The van der Waals surface area contributed by atoms with Gasteiger partial charge in [0.25, 0.3) is 0 Å². The number of hydrogen-bond donors (Lipinski definition) is 0. The normalized spacial score (nSPS) is 13.0. The molecule has 4 bridgehead atoms. The van der Waals surface area contributed by atoms with Crippen LogP contribution in [0.3, 0.4) is 0 Å². The quantitative estimate of drug-likeness (QED) is 0.145. The fraction of sp³-hybridized carbons (Fsp3) is 0.195. The van der Waals surface area contributed by atoms with E-state index in [1.165, 1.54) is 50.2 Å². The van der Waals surface area contributed by atoms with Crippen LogP contribution in [-0.4, -0.2) is 4.57 Å². The zero-order chi connectivity index (χ0) is 31.0. The Morgan fingerprint density at radius 2 is 1.24 bits per heavy atom. The molecule has 0 N–H and O–H groups in total. The number of aromatic nitrogens is 2. The Hall–Kier alpha value is -4.46. The van der Waals surface area contributed by atoms with E-state index >= 15 is 4.57 Å². The number of aryl methyl sites for hydroxylation is 7. The number of rotatable bonds is 6. The smallest absolute Gasteiger partial charge is 0.249 e. The molecular formula is C41H40N2OP+. The summed E-state index contributed by atoms with van der Waals surface area (Å²) in [5.74, 6) is 0. The predicted molar refractivity (Wildman–Crippen MR) is 186 cm³/mol. The third-order valence-electron chi connectivity index (χ3n) is 9.30. The van der Waals surface area contributed by atoms with Crippen molar-refractivity contribution < 1.29 is 9.13 Å². The molecule has 45 heavy (non-hydrogen) atoms. The van der Waals surface area contributed by atoms with Gasteiger partial charge < -0.3 is 4.57 Å². The van der Waals surface area contributed by atoms with Gasteiger partial charge in [0, 0.05) is 15.9 Å². The Labute approximate surface area is 267 Å². The summed E-state index contributed by atoms with van der Waals surface area (Å²) in [4.78, 5) is 0. The van der Waals surface area contributed by atoms with Crippen LogP contribution in [0, 0.1) is 20.8 Å². The molecule has 0 amide bonds. The van der Waals surface area contributed by atoms with E-state index in [9.17, 15) is 0 Å². The highest BCUT2D eigenvalue weighted by atomic mass is 31.2. The summed E-state index contributed by atoms with van der Waals surface area (Å²) < 4.78 is 19.9. The Kier molecular flexibility index (Phi) is 7.90. The Bertz CT molecular complexity index is 1980. The summed E-state index contributed by atoms with van der Waals surface area (Å²) in [6.07, 6.45) is 10.2. The van der Waals surface area contributed by atoms with Crippen molar-refractivity contribution in [2.75, 3.05) is 0 Å². The molecule has 3 nitrogen and oxygen atoms in total. The van der Waals surface area contributed by atoms with Crippen molar-refractivity contribution in [1.29, 1.82) is 0 Å². The van der Waals surface area contributed by atoms with E-state index < -0.39 is 7.14 Å². The van der Waals surface area contributed by atoms with Crippen molar-refractivity contribution in [3.05, 3.63) is 172 Å². The lowest BCUT2D eigenvalue weighted by Gasteiger charge is -2.24. The van der Waals surface area contributed by atoms with E-state index in [2.05, 4.69) is 97.2 Å². The summed E-state index contributed by atoms with van der Waals surface area (Å²) in [6, 6.07) is 38.5. The minimum Gasteiger partial charge on any atom is -0.309 e. The summed E-state index contributed by atoms with van der Waals surface area (Å²) in [7, 11) is -3.06. The third kappa shape index (κ3) is 5.74. The van der Waals surface area contributed by atoms with Gasteiger partial charge in [-0.25, -0.2) is 9.13 Å². The zero-order valence-corrected chi connectivity index (χ0v) is 27.3. The molecule has 10 rings (SSSR count). The van der Waals surface area contributed by atoms with Crippen molar-refractivity contribution >= 4 is 23.1 Å². The van der Waals surface area contributed by atoms with E-state index in [4.69, 9.17) is 0 Å². The van der Waals surface area contributed by atoms with E-state index in [0.717, 1.165) is 48.1 Å². The van der Waals surface area contributed by atoms with E-state index in [1.54, 1.807) is 0 Å². The van der Waals surface area contributed by atoms with Gasteiger partial charge in [-0.2, -0.15) is 0 Å². The molecule has 1 aromatic heterocycles. The molecule has 4 aliphatic carbocycles. The maximum absolute atomic E-state index is 15.4. The average Bonchev–Trinajstić information content (AvgIpc) is 3.50. The van der Waals surface area contributed by atoms with Gasteiger partial charge in [-0.3, -0.25) is 0 Å². The van der Waals surface area contributed by atoms with Crippen LogP contribution in [0.15, 0.2) is 128 Å². The topological polar surface area (TPSA) is 25.9 Å². The SMILES string of the molecule is Cc1cc(C)c(-n2cc[n+](Cc3cc4ccc3CCc3ccc(c(P(=O)(c5ccccc5)c5ccccc5)c3)CC4)c2)c(C)c1. The molecule has 0 spiro atoms. The van der Waals surface area contributed by atoms with E-state index in [0.29, 0.717) is 0 Å². The second-order valence-corrected chi connectivity index (χ2v) is 15.3. The molecule has 0 aliphatic heterocycles. The lowest BCUT2D eigenvalue weighted by atomic mass is 9.93. The van der Waals surface area contributed by atoms with Gasteiger partial charge in [-0.1, -0.05) is 109 Å². The van der Waals surface area contributed by atoms with Crippen molar-refractivity contribution in [3.63, 3.8) is 0 Å². The fourth-order valence-electron chi connectivity index (χ4n) is 7.15. The number of imidazole rings is 1. The molecule has 6 aromatic rings. The van der Waals surface area contributed by atoms with Crippen LogP contribution in [0.4, 0.5) is 0 Å². The van der Waals surface area contributed by atoms with Crippen LogP contribution in [0.2, 0.25) is 0 Å². The maximum Gasteiger partial charge on any atom is 0.249 e. The largest absolute Gasteiger partial charge is 0.309 e. The third-order valence-corrected chi connectivity index (χ3v) is 12.4. The lowest BCUT2D eigenvalue weighted by molar-refractivity contribution is -0.687. The molecule has 0 fully saturated rings. The van der Waals surface area contributed by atoms with Crippen LogP contribution in [0.5, 0.6) is 0 Å². The standard InChI is InChI=1S/C41H40N2OP/c1-30-24-31(2)41(32(3)25-30)43-23-22-42(29-43)28-37-26-33-14-18-35(37)19-15-34-17-21-36(20-16-33)40(27-34)45(44,38-10-6-4-7-11-38)39-12-8-5-9-13-39/h4-14,17-18,21-27,29H,15-16,19-20,28H2,1-3H3/q+1. The van der Waals surface area contributed by atoms with E-state index in [1.807, 2.05) is 60.7 Å². The number of hydrogen-bond acceptors (Lipinski definition) is 1. The first-order valence-corrected chi connectivity index (χ1v) is 17.7. The van der Waals surface area contributed by atoms with Crippen molar-refractivity contribution in [2.24, 2.45) is 0 Å². The highest BCUT2D eigenvalue weighted by molar-refractivity contribution is 7.85.